The molecule has 18 heavy (non-hydrogen) atoms. The first-order chi connectivity index (χ1) is 8.69. The van der Waals surface area contributed by atoms with Crippen LogP contribution in [0.5, 0.6) is 0 Å². The summed E-state index contributed by atoms with van der Waals surface area (Å²) in [6.07, 6.45) is 0.832. The van der Waals surface area contributed by atoms with Gasteiger partial charge in [-0.25, -0.2) is 4.39 Å². The van der Waals surface area contributed by atoms with Crippen molar-refractivity contribution in [3.05, 3.63) is 35.6 Å². The van der Waals surface area contributed by atoms with Gasteiger partial charge in [-0.05, 0) is 24.3 Å². The summed E-state index contributed by atoms with van der Waals surface area (Å²) in [5, 5.41) is 0. The van der Waals surface area contributed by atoms with Gasteiger partial charge in [0.05, 0.1) is 6.54 Å². The smallest absolute Gasteiger partial charge is 0.209 e. The van der Waals surface area contributed by atoms with Gasteiger partial charge in [-0.2, -0.15) is 0 Å². The molecular weight excluding hydrogens is 235 g/mol. The first-order valence-corrected chi connectivity index (χ1v) is 5.89. The quantitative estimate of drug-likeness (QED) is 0.586. The zero-order valence-corrected chi connectivity index (χ0v) is 10.0. The van der Waals surface area contributed by atoms with Gasteiger partial charge in [-0.1, -0.05) is 0 Å². The molecule has 4 nitrogen and oxygen atoms in total. The molecule has 0 atom stereocenters. The Morgan fingerprint density at radius 2 is 1.78 bits per heavy atom. The highest BCUT2D eigenvalue weighted by atomic mass is 19.1. The second-order valence-corrected chi connectivity index (χ2v) is 4.35. The van der Waals surface area contributed by atoms with E-state index in [9.17, 15) is 14.0 Å². The summed E-state index contributed by atoms with van der Waals surface area (Å²) in [6, 6.07) is 5.58. The standard InChI is InChI=1S/C13H15FN2O2/c14-12-3-1-11(2-4-12)13(18)9-15-5-7-16(10-17)8-6-15/h1-4,10H,5-9H2. The maximum Gasteiger partial charge on any atom is 0.209 e. The molecule has 1 saturated heterocycles. The molecular formula is C13H15FN2O2. The first-order valence-electron chi connectivity index (χ1n) is 5.89. The average Bonchev–Trinajstić information content (AvgIpc) is 2.40. The monoisotopic (exact) mass is 250 g/mol. The molecule has 0 spiro atoms. The van der Waals surface area contributed by atoms with Crippen LogP contribution in [0.2, 0.25) is 0 Å². The molecule has 1 aromatic carbocycles. The van der Waals surface area contributed by atoms with Crippen molar-refractivity contribution in [1.29, 1.82) is 0 Å². The zero-order chi connectivity index (χ0) is 13.0. The molecule has 0 saturated carbocycles. The largest absolute Gasteiger partial charge is 0.343 e. The molecule has 2 rings (SSSR count). The Morgan fingerprint density at radius 3 is 2.33 bits per heavy atom. The van der Waals surface area contributed by atoms with Gasteiger partial charge >= 0.3 is 0 Å². The number of rotatable bonds is 4. The number of benzene rings is 1. The van der Waals surface area contributed by atoms with Crippen molar-refractivity contribution < 1.29 is 14.0 Å². The van der Waals surface area contributed by atoms with E-state index in [-0.39, 0.29) is 11.6 Å². The third-order valence-electron chi connectivity index (χ3n) is 3.09. The van der Waals surface area contributed by atoms with E-state index in [1.165, 1.54) is 24.3 Å². The molecule has 1 aliphatic heterocycles. The van der Waals surface area contributed by atoms with Crippen molar-refractivity contribution in [3.8, 4) is 0 Å². The molecule has 96 valence electrons. The SMILES string of the molecule is O=CN1CCN(CC(=O)c2ccc(F)cc2)CC1. The van der Waals surface area contributed by atoms with Crippen molar-refractivity contribution in [2.24, 2.45) is 0 Å². The number of piperazine rings is 1. The Hall–Kier alpha value is -1.75. The molecule has 0 aromatic heterocycles. The fourth-order valence-corrected chi connectivity index (χ4v) is 1.96. The van der Waals surface area contributed by atoms with E-state index in [1.807, 2.05) is 4.90 Å². The van der Waals surface area contributed by atoms with Gasteiger partial charge in [0.2, 0.25) is 6.41 Å². The van der Waals surface area contributed by atoms with Gasteiger partial charge in [-0.3, -0.25) is 14.5 Å². The number of amides is 1. The van der Waals surface area contributed by atoms with Crippen molar-refractivity contribution in [3.63, 3.8) is 0 Å². The summed E-state index contributed by atoms with van der Waals surface area (Å²) in [7, 11) is 0. The lowest BCUT2D eigenvalue weighted by atomic mass is 10.1. The Morgan fingerprint density at radius 1 is 1.17 bits per heavy atom. The molecule has 0 aliphatic carbocycles. The van der Waals surface area contributed by atoms with Crippen LogP contribution in [0.1, 0.15) is 10.4 Å². The number of carbonyl (C=O) groups is 2. The summed E-state index contributed by atoms with van der Waals surface area (Å²) < 4.78 is 12.7. The van der Waals surface area contributed by atoms with Crippen molar-refractivity contribution >= 4 is 12.2 Å². The Bertz CT molecular complexity index is 425. The van der Waals surface area contributed by atoms with Gasteiger partial charge in [0.1, 0.15) is 5.82 Å². The minimum Gasteiger partial charge on any atom is -0.343 e. The molecule has 1 fully saturated rings. The predicted octanol–water partition coefficient (Wildman–Crippen LogP) is 0.782. The first kappa shape index (κ1) is 12.7. The predicted molar refractivity (Wildman–Crippen MR) is 64.8 cm³/mol. The third-order valence-corrected chi connectivity index (χ3v) is 3.09. The van der Waals surface area contributed by atoms with Gasteiger partial charge in [0, 0.05) is 31.7 Å². The average molecular weight is 250 g/mol. The maximum atomic E-state index is 12.7. The minimum atomic E-state index is -0.342. The van der Waals surface area contributed by atoms with Gasteiger partial charge in [0.25, 0.3) is 0 Å². The number of hydrogen-bond donors (Lipinski definition) is 0. The van der Waals surface area contributed by atoms with E-state index in [0.717, 1.165) is 6.41 Å². The van der Waals surface area contributed by atoms with Crippen LogP contribution < -0.4 is 0 Å². The molecule has 0 unspecified atom stereocenters. The summed E-state index contributed by atoms with van der Waals surface area (Å²) in [5.41, 5.74) is 0.522. The van der Waals surface area contributed by atoms with E-state index in [2.05, 4.69) is 0 Å². The van der Waals surface area contributed by atoms with E-state index in [1.54, 1.807) is 4.90 Å². The molecule has 0 bridgehead atoms. The topological polar surface area (TPSA) is 40.6 Å². The summed E-state index contributed by atoms with van der Waals surface area (Å²) in [5.74, 6) is -0.360. The number of ketones is 1. The Kier molecular flexibility index (Phi) is 4.04. The van der Waals surface area contributed by atoms with Crippen LogP contribution in [0.3, 0.4) is 0 Å². The Labute approximate surface area is 105 Å². The van der Waals surface area contributed by atoms with E-state index in [4.69, 9.17) is 0 Å². The Balaban J connectivity index is 1.88. The highest BCUT2D eigenvalue weighted by molar-refractivity contribution is 5.97. The van der Waals surface area contributed by atoms with Gasteiger partial charge in [-0.15, -0.1) is 0 Å². The molecule has 1 amide bonds. The van der Waals surface area contributed by atoms with Gasteiger partial charge < -0.3 is 4.90 Å². The molecule has 1 aliphatic rings. The summed E-state index contributed by atoms with van der Waals surface area (Å²) >= 11 is 0. The molecule has 0 N–H and O–H groups in total. The lowest BCUT2D eigenvalue weighted by molar-refractivity contribution is -0.119. The molecule has 1 heterocycles. The molecule has 5 heteroatoms. The second-order valence-electron chi connectivity index (χ2n) is 4.35. The van der Waals surface area contributed by atoms with Crippen molar-refractivity contribution in [2.45, 2.75) is 0 Å². The van der Waals surface area contributed by atoms with Crippen LogP contribution >= 0.6 is 0 Å². The van der Waals surface area contributed by atoms with Crippen molar-refractivity contribution in [2.75, 3.05) is 32.7 Å². The number of Topliss-reactive ketones (excluding diaryl/α,β-unsaturated/α-hetero) is 1. The van der Waals surface area contributed by atoms with E-state index in [0.29, 0.717) is 38.3 Å². The summed E-state index contributed by atoms with van der Waals surface area (Å²) in [4.78, 5) is 26.2. The number of hydrogen-bond acceptors (Lipinski definition) is 3. The summed E-state index contributed by atoms with van der Waals surface area (Å²) in [6.45, 7) is 3.02. The normalized spacial score (nSPS) is 16.6. The maximum absolute atomic E-state index is 12.7. The van der Waals surface area contributed by atoms with E-state index >= 15 is 0 Å². The van der Waals surface area contributed by atoms with Crippen LogP contribution in [-0.2, 0) is 4.79 Å². The molecule has 0 radical (unpaired) electrons. The lowest BCUT2D eigenvalue weighted by Crippen LogP contribution is -2.47. The lowest BCUT2D eigenvalue weighted by Gasteiger charge is -2.31. The van der Waals surface area contributed by atoms with Crippen LogP contribution in [0.15, 0.2) is 24.3 Å². The highest BCUT2D eigenvalue weighted by Gasteiger charge is 2.18. The third kappa shape index (κ3) is 3.13. The van der Waals surface area contributed by atoms with Crippen molar-refractivity contribution in [1.82, 2.24) is 9.80 Å². The number of carbonyl (C=O) groups excluding carboxylic acids is 2. The van der Waals surface area contributed by atoms with Gasteiger partial charge in [0.15, 0.2) is 5.78 Å². The highest BCUT2D eigenvalue weighted by Crippen LogP contribution is 2.06. The minimum absolute atomic E-state index is 0.0189. The molecule has 1 aromatic rings. The van der Waals surface area contributed by atoms with Crippen LogP contribution in [0, 0.1) is 5.82 Å². The fourth-order valence-electron chi connectivity index (χ4n) is 1.96. The second kappa shape index (κ2) is 5.73. The zero-order valence-electron chi connectivity index (χ0n) is 10.0. The fraction of sp³-hybridized carbons (Fsp3) is 0.385. The van der Waals surface area contributed by atoms with Crippen LogP contribution in [-0.4, -0.2) is 54.7 Å². The van der Waals surface area contributed by atoms with Crippen LogP contribution in [0.4, 0.5) is 4.39 Å². The van der Waals surface area contributed by atoms with E-state index < -0.39 is 0 Å². The number of nitrogens with zero attached hydrogens (tertiary/aromatic N) is 2. The number of halogens is 1. The van der Waals surface area contributed by atoms with Crippen LogP contribution in [0.25, 0.3) is 0 Å².